The summed E-state index contributed by atoms with van der Waals surface area (Å²) in [5.74, 6) is -1.25. The second-order valence-corrected chi connectivity index (χ2v) is 10.3. The number of benzene rings is 2. The smallest absolute Gasteiger partial charge is 0.325 e. The summed E-state index contributed by atoms with van der Waals surface area (Å²) in [4.78, 5) is 34.9. The Morgan fingerprint density at radius 2 is 1.61 bits per heavy atom. The highest BCUT2D eigenvalue weighted by Gasteiger charge is 2.40. The molecule has 2 aromatic carbocycles. The molecule has 0 saturated carbocycles. The second-order valence-electron chi connectivity index (χ2n) is 10.3. The Balaban J connectivity index is 1.61. The van der Waals surface area contributed by atoms with Crippen LogP contribution in [0.15, 0.2) is 71.5 Å². The van der Waals surface area contributed by atoms with E-state index in [9.17, 15) is 23.6 Å². The van der Waals surface area contributed by atoms with E-state index in [1.54, 1.807) is 57.3 Å². The fraction of sp³-hybridized carbons (Fsp3) is 0.290. The zero-order valence-electron chi connectivity index (χ0n) is 22.9. The summed E-state index contributed by atoms with van der Waals surface area (Å²) in [6.45, 7) is 4.45. The van der Waals surface area contributed by atoms with Crippen molar-refractivity contribution in [3.05, 3.63) is 106 Å². The molecule has 1 aliphatic heterocycles. The summed E-state index contributed by atoms with van der Waals surface area (Å²) >= 11 is 0. The fourth-order valence-electron chi connectivity index (χ4n) is 5.33. The number of rotatable bonds is 6. The summed E-state index contributed by atoms with van der Waals surface area (Å²) in [5.41, 5.74) is 2.97. The zero-order chi connectivity index (χ0) is 29.3. The molecule has 5 rings (SSSR count). The van der Waals surface area contributed by atoms with E-state index >= 15 is 0 Å². The lowest BCUT2D eigenvalue weighted by Crippen LogP contribution is -2.58. The molecule has 0 spiro atoms. The van der Waals surface area contributed by atoms with Gasteiger partial charge in [0.05, 0.1) is 23.3 Å². The van der Waals surface area contributed by atoms with Crippen LogP contribution in [0, 0.1) is 23.0 Å². The number of hydrogen-bond donors (Lipinski definition) is 0. The van der Waals surface area contributed by atoms with Gasteiger partial charge < -0.3 is 14.2 Å². The molecule has 1 saturated heterocycles. The van der Waals surface area contributed by atoms with Crippen LogP contribution in [0.2, 0.25) is 0 Å². The van der Waals surface area contributed by atoms with Crippen LogP contribution in [0.4, 0.5) is 14.5 Å². The molecule has 1 atom stereocenters. The largest absolute Gasteiger partial charge is 0.462 e. The van der Waals surface area contributed by atoms with Crippen LogP contribution in [0.3, 0.4) is 0 Å². The Bertz CT molecular complexity index is 1630. The molecule has 3 heterocycles. The van der Waals surface area contributed by atoms with Crippen molar-refractivity contribution < 1.29 is 18.3 Å². The summed E-state index contributed by atoms with van der Waals surface area (Å²) in [7, 11) is 1.64. The molecule has 1 aliphatic rings. The normalized spacial score (nSPS) is 15.9. The minimum absolute atomic E-state index is 0.158. The van der Waals surface area contributed by atoms with Crippen LogP contribution in [-0.2, 0) is 16.6 Å². The van der Waals surface area contributed by atoms with E-state index in [1.807, 2.05) is 15.9 Å². The number of carbonyl (C=O) groups is 1. The second kappa shape index (κ2) is 11.5. The standard InChI is InChI=1S/C31H29F2N5O3/c1-19(2)41-31(40)27-18-37(26-16-28(39)36(3)25-13-12-24(17-34)35-29(25)26)14-15-38(27)30(20-4-8-22(32)9-5-20)21-6-10-23(33)11-7-21/h4-13,16,19,27,30H,14-15,18H2,1-3H3. The SMILES string of the molecule is CC(C)OC(=O)C1CN(c2cc(=O)n(C)c3ccc(C#N)nc23)CCN1C(c1ccc(F)cc1)c1ccc(F)cc1. The van der Waals surface area contributed by atoms with Crippen LogP contribution in [0.25, 0.3) is 11.0 Å². The number of nitrogens with zero attached hydrogens (tertiary/aromatic N) is 5. The van der Waals surface area contributed by atoms with Crippen LogP contribution >= 0.6 is 0 Å². The van der Waals surface area contributed by atoms with E-state index in [-0.39, 0.29) is 23.9 Å². The predicted molar refractivity (Wildman–Crippen MR) is 150 cm³/mol. The minimum atomic E-state index is -0.801. The van der Waals surface area contributed by atoms with Crippen molar-refractivity contribution in [1.29, 1.82) is 5.26 Å². The van der Waals surface area contributed by atoms with Gasteiger partial charge in [-0.3, -0.25) is 14.5 Å². The minimum Gasteiger partial charge on any atom is -0.462 e. The highest BCUT2D eigenvalue weighted by molar-refractivity contribution is 5.89. The molecule has 1 fully saturated rings. The quantitative estimate of drug-likeness (QED) is 0.326. The number of esters is 1. The van der Waals surface area contributed by atoms with Crippen molar-refractivity contribution in [3.63, 3.8) is 0 Å². The summed E-state index contributed by atoms with van der Waals surface area (Å²) in [5, 5.41) is 9.46. The van der Waals surface area contributed by atoms with Gasteiger partial charge in [-0.1, -0.05) is 24.3 Å². The molecular weight excluding hydrogens is 528 g/mol. The van der Waals surface area contributed by atoms with Crippen molar-refractivity contribution in [1.82, 2.24) is 14.5 Å². The Kier molecular flexibility index (Phi) is 7.81. The number of carbonyl (C=O) groups excluding carboxylic acids is 1. The van der Waals surface area contributed by atoms with Crippen molar-refractivity contribution in [3.8, 4) is 6.07 Å². The van der Waals surface area contributed by atoms with Gasteiger partial charge >= 0.3 is 5.97 Å². The number of halogens is 2. The lowest BCUT2D eigenvalue weighted by atomic mass is 9.94. The molecule has 8 nitrogen and oxygen atoms in total. The van der Waals surface area contributed by atoms with E-state index in [0.29, 0.717) is 29.8 Å². The predicted octanol–water partition coefficient (Wildman–Crippen LogP) is 4.32. The van der Waals surface area contributed by atoms with Crippen LogP contribution in [-0.4, -0.2) is 52.2 Å². The van der Waals surface area contributed by atoms with Gasteiger partial charge in [-0.15, -0.1) is 0 Å². The van der Waals surface area contributed by atoms with Crippen LogP contribution in [0.5, 0.6) is 0 Å². The highest BCUT2D eigenvalue weighted by atomic mass is 19.1. The number of aryl methyl sites for hydroxylation is 1. The summed E-state index contributed by atoms with van der Waals surface area (Å²) in [6.07, 6.45) is -0.375. The molecule has 4 aromatic rings. The third-order valence-corrected chi connectivity index (χ3v) is 7.27. The van der Waals surface area contributed by atoms with Gasteiger partial charge in [0, 0.05) is 32.7 Å². The van der Waals surface area contributed by atoms with Crippen molar-refractivity contribution >= 4 is 22.7 Å². The molecule has 0 radical (unpaired) electrons. The molecule has 0 amide bonds. The van der Waals surface area contributed by atoms with Crippen LogP contribution in [0.1, 0.15) is 36.7 Å². The van der Waals surface area contributed by atoms with Gasteiger partial charge in [-0.25, -0.2) is 13.8 Å². The summed E-state index contributed by atoms with van der Waals surface area (Å²) < 4.78 is 34.9. The molecular formula is C31H29F2N5O3. The van der Waals surface area contributed by atoms with Gasteiger partial charge in [0.15, 0.2) is 0 Å². The Hall–Kier alpha value is -4.62. The maximum absolute atomic E-state index is 13.9. The fourth-order valence-corrected chi connectivity index (χ4v) is 5.33. The summed E-state index contributed by atoms with van der Waals surface area (Å²) in [6, 6.07) is 17.5. The average Bonchev–Trinajstić information content (AvgIpc) is 2.96. The van der Waals surface area contributed by atoms with Crippen molar-refractivity contribution in [2.24, 2.45) is 7.05 Å². The average molecular weight is 558 g/mol. The molecule has 210 valence electrons. The number of piperazine rings is 1. The van der Waals surface area contributed by atoms with Gasteiger partial charge in [-0.05, 0) is 61.4 Å². The van der Waals surface area contributed by atoms with Crippen molar-refractivity contribution in [2.45, 2.75) is 32.0 Å². The number of pyridine rings is 2. The van der Waals surface area contributed by atoms with Gasteiger partial charge in [0.1, 0.15) is 35.0 Å². The van der Waals surface area contributed by atoms with E-state index in [2.05, 4.69) is 4.98 Å². The van der Waals surface area contributed by atoms with E-state index < -0.39 is 29.7 Å². The Labute approximate surface area is 236 Å². The highest BCUT2D eigenvalue weighted by Crippen LogP contribution is 2.35. The third-order valence-electron chi connectivity index (χ3n) is 7.27. The maximum Gasteiger partial charge on any atom is 0.325 e. The number of aromatic nitrogens is 2. The number of fused-ring (bicyclic) bond motifs is 1. The molecule has 41 heavy (non-hydrogen) atoms. The maximum atomic E-state index is 13.9. The molecule has 0 bridgehead atoms. The number of nitriles is 1. The Morgan fingerprint density at radius 1 is 1.00 bits per heavy atom. The van der Waals surface area contributed by atoms with E-state index in [0.717, 1.165) is 11.1 Å². The first-order valence-electron chi connectivity index (χ1n) is 13.3. The molecule has 0 aliphatic carbocycles. The van der Waals surface area contributed by atoms with Gasteiger partial charge in [-0.2, -0.15) is 5.26 Å². The van der Waals surface area contributed by atoms with E-state index in [1.165, 1.54) is 34.9 Å². The molecule has 2 aromatic heterocycles. The first kappa shape index (κ1) is 27.9. The van der Waals surface area contributed by atoms with Gasteiger partial charge in [0.2, 0.25) is 0 Å². The first-order chi connectivity index (χ1) is 19.7. The number of anilines is 1. The lowest BCUT2D eigenvalue weighted by Gasteiger charge is -2.45. The lowest BCUT2D eigenvalue weighted by molar-refractivity contribution is -0.155. The Morgan fingerprint density at radius 3 is 2.17 bits per heavy atom. The monoisotopic (exact) mass is 557 g/mol. The van der Waals surface area contributed by atoms with E-state index in [4.69, 9.17) is 4.74 Å². The van der Waals surface area contributed by atoms with Gasteiger partial charge in [0.25, 0.3) is 5.56 Å². The van der Waals surface area contributed by atoms with Crippen LogP contribution < -0.4 is 10.5 Å². The molecule has 10 heteroatoms. The van der Waals surface area contributed by atoms with Crippen molar-refractivity contribution in [2.75, 3.05) is 24.5 Å². The molecule has 0 N–H and O–H groups in total. The molecule has 1 unspecified atom stereocenters. The number of ether oxygens (including phenoxy) is 1. The number of hydrogen-bond acceptors (Lipinski definition) is 7. The topological polar surface area (TPSA) is 91.5 Å². The first-order valence-corrected chi connectivity index (χ1v) is 13.3. The third kappa shape index (κ3) is 5.67. The zero-order valence-corrected chi connectivity index (χ0v) is 22.9.